The average Bonchev–Trinajstić information content (AvgIpc) is 2.92. The van der Waals surface area contributed by atoms with Crippen molar-refractivity contribution < 1.29 is 35.9 Å². The number of halogens is 4. The molecule has 0 bridgehead atoms. The van der Waals surface area contributed by atoms with E-state index < -0.39 is 43.5 Å². The first-order chi connectivity index (χ1) is 18.8. The van der Waals surface area contributed by atoms with Crippen molar-refractivity contribution in [3.8, 4) is 5.75 Å². The molecule has 0 unspecified atom stereocenters. The lowest BCUT2D eigenvalue weighted by atomic mass is 10.0. The Morgan fingerprint density at radius 1 is 1.00 bits per heavy atom. The van der Waals surface area contributed by atoms with Gasteiger partial charge in [-0.05, 0) is 89.3 Å². The highest BCUT2D eigenvalue weighted by Crippen LogP contribution is 2.61. The van der Waals surface area contributed by atoms with Crippen LogP contribution in [0.5, 0.6) is 5.75 Å². The largest absolute Gasteiger partial charge is 0.491 e. The average molecular weight is 608 g/mol. The Labute approximate surface area is 240 Å². The Morgan fingerprint density at radius 3 is 2.10 bits per heavy atom. The third-order valence-corrected chi connectivity index (χ3v) is 10.5. The molecule has 5 nitrogen and oxygen atoms in total. The van der Waals surface area contributed by atoms with E-state index in [1.54, 1.807) is 43.0 Å². The van der Waals surface area contributed by atoms with E-state index in [1.165, 1.54) is 23.9 Å². The summed E-state index contributed by atoms with van der Waals surface area (Å²) in [5.74, 6) is -3.40. The molecule has 0 spiro atoms. The summed E-state index contributed by atoms with van der Waals surface area (Å²) in [7, 11) is -3.47. The van der Waals surface area contributed by atoms with Gasteiger partial charge in [0.05, 0.1) is 24.8 Å². The molecule has 0 radical (unpaired) electrons. The molecule has 2 rings (SSSR count). The smallest absolute Gasteiger partial charge is 0.339 e. The lowest BCUT2D eigenvalue weighted by molar-refractivity contribution is 0.00610. The van der Waals surface area contributed by atoms with Crippen LogP contribution in [0.25, 0.3) is 0 Å². The molecule has 0 heterocycles. The van der Waals surface area contributed by atoms with Gasteiger partial charge in [-0.3, -0.25) is 8.96 Å². The number of hydrogen-bond donors (Lipinski definition) is 0. The van der Waals surface area contributed by atoms with E-state index in [0.717, 1.165) is 11.8 Å². The van der Waals surface area contributed by atoms with E-state index in [-0.39, 0.29) is 32.8 Å². The van der Waals surface area contributed by atoms with E-state index in [4.69, 9.17) is 13.8 Å². The lowest BCUT2D eigenvalue weighted by Gasteiger charge is -2.35. The Balaban J connectivity index is 2.39. The summed E-state index contributed by atoms with van der Waals surface area (Å²) >= 11 is 1.43. The molecule has 40 heavy (non-hydrogen) atoms. The third-order valence-electron chi connectivity index (χ3n) is 6.81. The van der Waals surface area contributed by atoms with Gasteiger partial charge in [-0.25, -0.2) is 13.2 Å². The van der Waals surface area contributed by atoms with Gasteiger partial charge >= 0.3 is 7.60 Å². The fraction of sp³-hybridized carbons (Fsp3) is 0.586. The van der Waals surface area contributed by atoms with Crippen molar-refractivity contribution >= 4 is 30.7 Å². The molecule has 0 amide bonds. The summed E-state index contributed by atoms with van der Waals surface area (Å²) in [4.78, 5) is 2.57. The Morgan fingerprint density at radius 2 is 1.60 bits per heavy atom. The first-order valence-corrected chi connectivity index (χ1v) is 16.3. The van der Waals surface area contributed by atoms with Crippen LogP contribution < -0.4 is 9.64 Å². The number of hydrogen-bond acceptors (Lipinski definition) is 6. The van der Waals surface area contributed by atoms with Crippen molar-refractivity contribution in [3.63, 3.8) is 0 Å². The zero-order valence-electron chi connectivity index (χ0n) is 24.2. The van der Waals surface area contributed by atoms with Crippen LogP contribution in [0.3, 0.4) is 0 Å². The molecule has 0 aliphatic rings. The quantitative estimate of drug-likeness (QED) is 0.0956. The molecule has 2 aromatic rings. The number of alkyl halides is 3. The molecule has 0 aliphatic heterocycles. The number of nitrogens with zero attached hydrogens (tertiary/aromatic N) is 1. The maximum atomic E-state index is 14.0. The monoisotopic (exact) mass is 607 g/mol. The highest BCUT2D eigenvalue weighted by molar-refractivity contribution is 7.98. The molecule has 0 aromatic heterocycles. The summed E-state index contributed by atoms with van der Waals surface area (Å²) in [6.07, 6.45) is 1.96. The first kappa shape index (κ1) is 34.5. The summed E-state index contributed by atoms with van der Waals surface area (Å²) in [5.41, 5.74) is 1.29. The molecule has 11 heteroatoms. The molecular formula is C29H42F4NO4PS. The highest BCUT2D eigenvalue weighted by atomic mass is 32.2. The zero-order chi connectivity index (χ0) is 30.0. The van der Waals surface area contributed by atoms with Gasteiger partial charge in [0.2, 0.25) is 5.92 Å². The zero-order valence-corrected chi connectivity index (χ0v) is 25.9. The summed E-state index contributed by atoms with van der Waals surface area (Å²) in [6.45, 7) is 8.02. The van der Waals surface area contributed by atoms with Crippen LogP contribution in [0.15, 0.2) is 47.4 Å². The van der Waals surface area contributed by atoms with Crippen molar-refractivity contribution in [3.05, 3.63) is 48.3 Å². The van der Waals surface area contributed by atoms with Crippen LogP contribution in [-0.2, 0) is 13.6 Å². The van der Waals surface area contributed by atoms with E-state index in [0.29, 0.717) is 23.5 Å². The third kappa shape index (κ3) is 9.40. The van der Waals surface area contributed by atoms with Gasteiger partial charge in [0.1, 0.15) is 23.3 Å². The molecule has 2 aromatic carbocycles. The molecule has 0 N–H and O–H groups in total. The van der Waals surface area contributed by atoms with E-state index >= 15 is 0 Å². The summed E-state index contributed by atoms with van der Waals surface area (Å²) in [6, 6.07) is 11.2. The first-order valence-electron chi connectivity index (χ1n) is 13.5. The van der Waals surface area contributed by atoms with E-state index in [9.17, 15) is 22.1 Å². The molecule has 0 saturated carbocycles. The topological polar surface area (TPSA) is 48.0 Å². The van der Waals surface area contributed by atoms with Gasteiger partial charge in [-0.15, -0.1) is 11.8 Å². The summed E-state index contributed by atoms with van der Waals surface area (Å²) in [5, 5.41) is -0.886. The standard InChI is InChI=1S/C29H42F4NO4PS/c1-7-28(4,39(35,37-8-2)38-9-3)21-36-26-15-14-25(18-27(26)40-6)34(24-12-10-23(31)11-13-24)20-22(19-30)16-17-29(5,32)33/h10-15,18,22H,7-9,16-17,19-21H2,1-6H3/t22-,28-/m0/s1. The number of rotatable bonds is 18. The second-order valence-corrected chi connectivity index (χ2v) is 13.5. The minimum atomic E-state index is -3.47. The maximum Gasteiger partial charge on any atom is 0.339 e. The molecule has 0 aliphatic carbocycles. The van der Waals surface area contributed by atoms with Gasteiger partial charge in [-0.1, -0.05) is 6.92 Å². The van der Waals surface area contributed by atoms with Gasteiger partial charge in [-0.2, -0.15) is 0 Å². The normalized spacial score (nSPS) is 14.6. The van der Waals surface area contributed by atoms with Gasteiger partial charge in [0.15, 0.2) is 0 Å². The number of thioether (sulfide) groups is 1. The number of anilines is 2. The number of ether oxygens (including phenoxy) is 1. The van der Waals surface area contributed by atoms with Crippen molar-refractivity contribution in [2.24, 2.45) is 5.92 Å². The Kier molecular flexibility index (Phi) is 13.3. The Bertz CT molecular complexity index is 1090. The van der Waals surface area contributed by atoms with Crippen molar-refractivity contribution in [1.29, 1.82) is 0 Å². The Hall–Kier alpha value is -1.74. The predicted octanol–water partition coefficient (Wildman–Crippen LogP) is 9.52. The molecule has 0 fully saturated rings. The van der Waals surface area contributed by atoms with Crippen LogP contribution in [0.1, 0.15) is 53.9 Å². The SMILES string of the molecule is CCOP(=O)(OCC)[C@@](C)(CC)COc1ccc(N(C[C@H](CF)CCC(C)(F)F)c2ccc(F)cc2)cc1SC. The van der Waals surface area contributed by atoms with Crippen LogP contribution in [0.2, 0.25) is 0 Å². The van der Waals surface area contributed by atoms with Gasteiger partial charge < -0.3 is 18.7 Å². The van der Waals surface area contributed by atoms with E-state index in [2.05, 4.69) is 0 Å². The second kappa shape index (κ2) is 15.5. The van der Waals surface area contributed by atoms with Gasteiger partial charge in [0, 0.05) is 30.3 Å². The van der Waals surface area contributed by atoms with Gasteiger partial charge in [0.25, 0.3) is 0 Å². The maximum absolute atomic E-state index is 14.0. The van der Waals surface area contributed by atoms with Crippen molar-refractivity contribution in [2.45, 2.75) is 69.9 Å². The fourth-order valence-corrected chi connectivity index (χ4v) is 6.71. The van der Waals surface area contributed by atoms with E-state index in [1.807, 2.05) is 26.2 Å². The predicted molar refractivity (Wildman–Crippen MR) is 156 cm³/mol. The molecule has 0 saturated heterocycles. The fourth-order valence-electron chi connectivity index (χ4n) is 4.15. The molecular weight excluding hydrogens is 565 g/mol. The van der Waals surface area contributed by atoms with Crippen molar-refractivity contribution in [2.75, 3.05) is 44.2 Å². The van der Waals surface area contributed by atoms with Crippen LogP contribution >= 0.6 is 19.4 Å². The van der Waals surface area contributed by atoms with Crippen molar-refractivity contribution in [1.82, 2.24) is 0 Å². The second-order valence-electron chi connectivity index (χ2n) is 10.0. The minimum absolute atomic E-state index is 0.00356. The van der Waals surface area contributed by atoms with Crippen LogP contribution in [-0.4, -0.2) is 50.4 Å². The summed E-state index contributed by atoms with van der Waals surface area (Å²) < 4.78 is 85.6. The molecule has 226 valence electrons. The molecule has 2 atom stereocenters. The lowest BCUT2D eigenvalue weighted by Crippen LogP contribution is -2.34. The van der Waals surface area contributed by atoms with Crippen LogP contribution in [0, 0.1) is 11.7 Å². The minimum Gasteiger partial charge on any atom is -0.491 e. The highest BCUT2D eigenvalue weighted by Gasteiger charge is 2.46. The number of benzene rings is 2. The van der Waals surface area contributed by atoms with Crippen LogP contribution in [0.4, 0.5) is 28.9 Å².